The lowest BCUT2D eigenvalue weighted by Crippen LogP contribution is -2.18. The molecular formula is C17H18N2S. The lowest BCUT2D eigenvalue weighted by atomic mass is 10.00. The van der Waals surface area contributed by atoms with Gasteiger partial charge in [0.1, 0.15) is 0 Å². The fraction of sp³-hybridized carbons (Fsp3) is 0.235. The quantitative estimate of drug-likeness (QED) is 0.764. The second-order valence-electron chi connectivity index (χ2n) is 5.03. The number of aromatic nitrogens is 1. The molecular weight excluding hydrogens is 264 g/mol. The van der Waals surface area contributed by atoms with Gasteiger partial charge in [-0.1, -0.05) is 42.5 Å². The van der Waals surface area contributed by atoms with Gasteiger partial charge in [-0.15, -0.1) is 11.3 Å². The number of thiazole rings is 1. The molecule has 0 saturated heterocycles. The average molecular weight is 282 g/mol. The van der Waals surface area contributed by atoms with E-state index in [1.54, 1.807) is 11.3 Å². The molecule has 20 heavy (non-hydrogen) atoms. The number of nitrogens with one attached hydrogen (secondary N) is 1. The minimum absolute atomic E-state index is 0.308. The summed E-state index contributed by atoms with van der Waals surface area (Å²) in [5, 5.41) is 9.43. The third kappa shape index (κ3) is 2.74. The Morgan fingerprint density at radius 3 is 2.75 bits per heavy atom. The summed E-state index contributed by atoms with van der Waals surface area (Å²) in [5.74, 6) is 0. The zero-order valence-electron chi connectivity index (χ0n) is 11.8. The molecule has 0 spiro atoms. The maximum atomic E-state index is 4.49. The average Bonchev–Trinajstić information content (AvgIpc) is 2.90. The standard InChI is InChI=1S/C17H18N2S/c1-12(18-10-15-11-20-13(2)19-15)16-9-5-7-14-6-3-4-8-17(14)16/h3-9,11-12,18H,10H2,1-2H3. The van der Waals surface area contributed by atoms with Crippen molar-refractivity contribution in [2.24, 2.45) is 0 Å². The van der Waals surface area contributed by atoms with Gasteiger partial charge < -0.3 is 5.32 Å². The summed E-state index contributed by atoms with van der Waals surface area (Å²) in [5.41, 5.74) is 2.47. The van der Waals surface area contributed by atoms with Crippen LogP contribution in [0.1, 0.15) is 29.2 Å². The fourth-order valence-electron chi connectivity index (χ4n) is 2.49. The molecule has 2 aromatic carbocycles. The molecule has 0 radical (unpaired) electrons. The highest BCUT2D eigenvalue weighted by Gasteiger charge is 2.09. The van der Waals surface area contributed by atoms with Crippen LogP contribution in [0, 0.1) is 6.92 Å². The molecule has 2 nitrogen and oxygen atoms in total. The zero-order valence-corrected chi connectivity index (χ0v) is 12.6. The molecule has 0 fully saturated rings. The van der Waals surface area contributed by atoms with Gasteiger partial charge >= 0.3 is 0 Å². The molecule has 0 aliphatic rings. The largest absolute Gasteiger partial charge is 0.305 e. The van der Waals surface area contributed by atoms with Gasteiger partial charge in [0.25, 0.3) is 0 Å². The predicted molar refractivity (Wildman–Crippen MR) is 86.1 cm³/mol. The normalized spacial score (nSPS) is 12.7. The Bertz CT molecular complexity index is 712. The Labute approximate surface area is 123 Å². The van der Waals surface area contributed by atoms with E-state index in [2.05, 4.69) is 65.1 Å². The van der Waals surface area contributed by atoms with Gasteiger partial charge in [0.2, 0.25) is 0 Å². The molecule has 0 saturated carbocycles. The minimum atomic E-state index is 0.308. The Hall–Kier alpha value is -1.71. The second kappa shape index (κ2) is 5.73. The Balaban J connectivity index is 1.80. The SMILES string of the molecule is Cc1nc(CNC(C)c2cccc3ccccc23)cs1. The third-order valence-corrected chi connectivity index (χ3v) is 4.37. The van der Waals surface area contributed by atoms with E-state index in [-0.39, 0.29) is 0 Å². The zero-order chi connectivity index (χ0) is 13.9. The van der Waals surface area contributed by atoms with Crippen LogP contribution in [-0.4, -0.2) is 4.98 Å². The molecule has 3 aromatic rings. The molecule has 3 heteroatoms. The molecule has 1 atom stereocenters. The highest BCUT2D eigenvalue weighted by Crippen LogP contribution is 2.24. The first-order valence-electron chi connectivity index (χ1n) is 6.86. The van der Waals surface area contributed by atoms with Crippen molar-refractivity contribution in [1.82, 2.24) is 10.3 Å². The summed E-state index contributed by atoms with van der Waals surface area (Å²) in [4.78, 5) is 4.49. The van der Waals surface area contributed by atoms with E-state index < -0.39 is 0 Å². The monoisotopic (exact) mass is 282 g/mol. The summed E-state index contributed by atoms with van der Waals surface area (Å²) in [6.45, 7) is 5.07. The van der Waals surface area contributed by atoms with Crippen molar-refractivity contribution in [3.63, 3.8) is 0 Å². The van der Waals surface area contributed by atoms with Gasteiger partial charge in [-0.25, -0.2) is 4.98 Å². The highest BCUT2D eigenvalue weighted by molar-refractivity contribution is 7.09. The first-order valence-corrected chi connectivity index (χ1v) is 7.74. The van der Waals surface area contributed by atoms with Crippen LogP contribution in [-0.2, 0) is 6.54 Å². The molecule has 0 bridgehead atoms. The van der Waals surface area contributed by atoms with Crippen molar-refractivity contribution in [3.05, 3.63) is 64.1 Å². The van der Waals surface area contributed by atoms with E-state index in [1.807, 2.05) is 6.92 Å². The molecule has 1 aromatic heterocycles. The third-order valence-electron chi connectivity index (χ3n) is 3.55. The summed E-state index contributed by atoms with van der Waals surface area (Å²) in [6.07, 6.45) is 0. The lowest BCUT2D eigenvalue weighted by Gasteiger charge is -2.16. The summed E-state index contributed by atoms with van der Waals surface area (Å²) >= 11 is 1.70. The molecule has 1 heterocycles. The highest BCUT2D eigenvalue weighted by atomic mass is 32.1. The number of hydrogen-bond acceptors (Lipinski definition) is 3. The van der Waals surface area contributed by atoms with Crippen LogP contribution in [0.3, 0.4) is 0 Å². The van der Waals surface area contributed by atoms with E-state index in [0.29, 0.717) is 6.04 Å². The molecule has 1 unspecified atom stereocenters. The number of benzene rings is 2. The molecule has 1 N–H and O–H groups in total. The van der Waals surface area contributed by atoms with Crippen LogP contribution in [0.25, 0.3) is 10.8 Å². The number of nitrogens with zero attached hydrogens (tertiary/aromatic N) is 1. The van der Waals surface area contributed by atoms with Crippen LogP contribution in [0.4, 0.5) is 0 Å². The fourth-order valence-corrected chi connectivity index (χ4v) is 3.10. The van der Waals surface area contributed by atoms with Gasteiger partial charge in [0.05, 0.1) is 10.7 Å². The van der Waals surface area contributed by atoms with Gasteiger partial charge in [-0.05, 0) is 30.2 Å². The van der Waals surface area contributed by atoms with Crippen LogP contribution < -0.4 is 5.32 Å². The number of aryl methyl sites for hydroxylation is 1. The molecule has 0 amide bonds. The molecule has 102 valence electrons. The maximum absolute atomic E-state index is 4.49. The molecule has 3 rings (SSSR count). The lowest BCUT2D eigenvalue weighted by molar-refractivity contribution is 0.572. The van der Waals surface area contributed by atoms with Crippen molar-refractivity contribution in [2.45, 2.75) is 26.4 Å². The smallest absolute Gasteiger partial charge is 0.0897 e. The summed E-state index contributed by atoms with van der Waals surface area (Å²) in [6, 6.07) is 15.3. The first kappa shape index (κ1) is 13.3. The van der Waals surface area contributed by atoms with Crippen molar-refractivity contribution >= 4 is 22.1 Å². The summed E-state index contributed by atoms with van der Waals surface area (Å²) < 4.78 is 0. The van der Waals surface area contributed by atoms with Crippen molar-refractivity contribution in [2.75, 3.05) is 0 Å². The van der Waals surface area contributed by atoms with Gasteiger partial charge in [0.15, 0.2) is 0 Å². The van der Waals surface area contributed by atoms with Crippen LogP contribution in [0.15, 0.2) is 47.8 Å². The Morgan fingerprint density at radius 2 is 1.95 bits per heavy atom. The summed E-state index contributed by atoms with van der Waals surface area (Å²) in [7, 11) is 0. The van der Waals surface area contributed by atoms with Gasteiger partial charge in [0, 0.05) is 18.0 Å². The van der Waals surface area contributed by atoms with Crippen molar-refractivity contribution in [3.8, 4) is 0 Å². The van der Waals surface area contributed by atoms with Gasteiger partial charge in [-0.2, -0.15) is 0 Å². The van der Waals surface area contributed by atoms with E-state index in [4.69, 9.17) is 0 Å². The van der Waals surface area contributed by atoms with Crippen molar-refractivity contribution < 1.29 is 0 Å². The van der Waals surface area contributed by atoms with Gasteiger partial charge in [-0.3, -0.25) is 0 Å². The molecule has 0 aliphatic carbocycles. The van der Waals surface area contributed by atoms with E-state index in [9.17, 15) is 0 Å². The van der Waals surface area contributed by atoms with Crippen LogP contribution in [0.5, 0.6) is 0 Å². The second-order valence-corrected chi connectivity index (χ2v) is 6.09. The Kier molecular flexibility index (Phi) is 3.81. The number of fused-ring (bicyclic) bond motifs is 1. The van der Waals surface area contributed by atoms with E-state index in [0.717, 1.165) is 17.2 Å². The maximum Gasteiger partial charge on any atom is 0.0897 e. The topological polar surface area (TPSA) is 24.9 Å². The predicted octanol–water partition coefficient (Wildman–Crippen LogP) is 4.46. The number of hydrogen-bond donors (Lipinski definition) is 1. The number of rotatable bonds is 4. The molecule has 0 aliphatic heterocycles. The van der Waals surface area contributed by atoms with Crippen LogP contribution in [0.2, 0.25) is 0 Å². The Morgan fingerprint density at radius 1 is 1.15 bits per heavy atom. The van der Waals surface area contributed by atoms with E-state index in [1.165, 1.54) is 16.3 Å². The first-order chi connectivity index (χ1) is 9.74. The van der Waals surface area contributed by atoms with Crippen LogP contribution >= 0.6 is 11.3 Å². The minimum Gasteiger partial charge on any atom is -0.305 e. The van der Waals surface area contributed by atoms with Crippen molar-refractivity contribution in [1.29, 1.82) is 0 Å². The van der Waals surface area contributed by atoms with E-state index >= 15 is 0 Å².